The largest absolute Gasteiger partial charge is 0.390 e. The molecule has 1 N–H and O–H groups in total. The van der Waals surface area contributed by atoms with Crippen LogP contribution in [0.3, 0.4) is 0 Å². The summed E-state index contributed by atoms with van der Waals surface area (Å²) in [4.78, 5) is 0. The highest BCUT2D eigenvalue weighted by molar-refractivity contribution is 5.10. The van der Waals surface area contributed by atoms with E-state index >= 15 is 0 Å². The number of fused-ring (bicyclic) bond motifs is 5. The Morgan fingerprint density at radius 2 is 1.70 bits per heavy atom. The summed E-state index contributed by atoms with van der Waals surface area (Å²) >= 11 is 0. The average Bonchev–Trinajstić information content (AvgIpc) is 3.18. The molecule has 1 aromatic rings. The summed E-state index contributed by atoms with van der Waals surface area (Å²) in [5, 5.41) is 22.7. The van der Waals surface area contributed by atoms with Crippen LogP contribution < -0.4 is 0 Å². The van der Waals surface area contributed by atoms with Gasteiger partial charge in [-0.05, 0) is 141 Å². The number of rotatable bonds is 3. The van der Waals surface area contributed by atoms with E-state index in [4.69, 9.17) is 0 Å². The molecule has 0 unspecified atom stereocenters. The van der Waals surface area contributed by atoms with Gasteiger partial charge in [-0.3, -0.25) is 0 Å². The molecule has 6 rings (SSSR count). The molecule has 10 atom stereocenters. The molecular weight excluding hydrogens is 372 g/mol. The number of aryl methyl sites for hydroxylation is 1. The van der Waals surface area contributed by atoms with Crippen LogP contribution in [0.2, 0.25) is 0 Å². The van der Waals surface area contributed by atoms with E-state index in [1.165, 1.54) is 51.4 Å². The van der Waals surface area contributed by atoms with Gasteiger partial charge in [-0.15, -0.1) is 5.10 Å². The molecule has 0 radical (unpaired) electrons. The van der Waals surface area contributed by atoms with Gasteiger partial charge in [-0.1, -0.05) is 6.92 Å². The molecule has 0 spiro atoms. The predicted molar refractivity (Wildman–Crippen MR) is 115 cm³/mol. The van der Waals surface area contributed by atoms with E-state index in [1.54, 1.807) is 0 Å². The Hall–Kier alpha value is -0.970. The number of hydrogen-bond acceptors (Lipinski definition) is 4. The van der Waals surface area contributed by atoms with E-state index in [-0.39, 0.29) is 0 Å². The molecule has 30 heavy (non-hydrogen) atoms. The quantitative estimate of drug-likeness (QED) is 0.786. The minimum atomic E-state index is -0.394. The van der Waals surface area contributed by atoms with Crippen LogP contribution >= 0.6 is 0 Å². The molecule has 5 aliphatic rings. The lowest BCUT2D eigenvalue weighted by molar-refractivity contribution is -0.101. The summed E-state index contributed by atoms with van der Waals surface area (Å²) < 4.78 is 2.02. The van der Waals surface area contributed by atoms with Crippen molar-refractivity contribution in [3.8, 4) is 0 Å². The Bertz CT molecular complexity index is 805. The maximum absolute atomic E-state index is 10.6. The molecule has 5 aliphatic carbocycles. The van der Waals surface area contributed by atoms with E-state index in [9.17, 15) is 5.11 Å². The molecule has 0 saturated heterocycles. The lowest BCUT2D eigenvalue weighted by Crippen LogP contribution is -2.50. The van der Waals surface area contributed by atoms with Crippen molar-refractivity contribution in [2.75, 3.05) is 0 Å². The van der Waals surface area contributed by atoms with E-state index < -0.39 is 5.60 Å². The van der Waals surface area contributed by atoms with Crippen molar-refractivity contribution in [3.05, 3.63) is 5.82 Å². The standard InChI is InChI=1S/C25H40N4O/c1-15-26-27-28-29(15)14-17-12-21(17)23-7-6-22-20-5-4-16-13-24(2,30)10-8-18(16)19(20)9-11-25(22,23)3/h16-23,30H,4-14H2,1-3H3/t16-,17+,18+,19-,20-,21-,22+,23-,24-,25+/m1/s1. The topological polar surface area (TPSA) is 63.8 Å². The molecule has 0 bridgehead atoms. The SMILES string of the molecule is Cc1nnnn1C[C@@H]1C[C@H]1[C@H]1CC[C@H]2[C@@H]3CC[C@@H]4C[C@](C)(O)CC[C@@H]4[C@H]3CC[C@]12C. The van der Waals surface area contributed by atoms with Crippen molar-refractivity contribution in [1.82, 2.24) is 20.2 Å². The monoisotopic (exact) mass is 412 g/mol. The van der Waals surface area contributed by atoms with Gasteiger partial charge in [0.2, 0.25) is 0 Å². The summed E-state index contributed by atoms with van der Waals surface area (Å²) in [6, 6.07) is 0. The molecule has 1 heterocycles. The van der Waals surface area contributed by atoms with Crippen LogP contribution in [0.4, 0.5) is 0 Å². The third-order valence-corrected chi connectivity index (χ3v) is 10.9. The number of aliphatic hydroxyl groups is 1. The number of nitrogens with zero attached hydrogens (tertiary/aromatic N) is 4. The zero-order chi connectivity index (χ0) is 20.7. The summed E-state index contributed by atoms with van der Waals surface area (Å²) in [6.45, 7) is 7.81. The van der Waals surface area contributed by atoms with E-state index in [1.807, 2.05) is 11.6 Å². The van der Waals surface area contributed by atoms with Gasteiger partial charge in [-0.2, -0.15) is 0 Å². The molecule has 5 nitrogen and oxygen atoms in total. The normalized spacial score (nSPS) is 52.4. The smallest absolute Gasteiger partial charge is 0.148 e. The van der Waals surface area contributed by atoms with Crippen molar-refractivity contribution in [2.45, 2.75) is 97.1 Å². The van der Waals surface area contributed by atoms with Gasteiger partial charge in [0.1, 0.15) is 5.82 Å². The van der Waals surface area contributed by atoms with Gasteiger partial charge in [0.05, 0.1) is 5.60 Å². The van der Waals surface area contributed by atoms with Crippen LogP contribution in [0, 0.1) is 59.7 Å². The Labute approximate surface area is 181 Å². The highest BCUT2D eigenvalue weighted by Crippen LogP contribution is 2.68. The predicted octanol–water partition coefficient (Wildman–Crippen LogP) is 4.64. The molecule has 1 aromatic heterocycles. The first-order valence-corrected chi connectivity index (χ1v) is 12.8. The maximum Gasteiger partial charge on any atom is 0.148 e. The zero-order valence-electron chi connectivity index (χ0n) is 19.1. The first kappa shape index (κ1) is 19.7. The van der Waals surface area contributed by atoms with Gasteiger partial charge in [0.15, 0.2) is 0 Å². The molecular formula is C25H40N4O. The molecule has 5 heteroatoms. The van der Waals surface area contributed by atoms with Gasteiger partial charge < -0.3 is 5.11 Å². The Morgan fingerprint density at radius 3 is 2.47 bits per heavy atom. The van der Waals surface area contributed by atoms with E-state index in [0.29, 0.717) is 5.41 Å². The van der Waals surface area contributed by atoms with Crippen LogP contribution in [0.5, 0.6) is 0 Å². The number of aromatic nitrogens is 4. The van der Waals surface area contributed by atoms with Crippen LogP contribution in [-0.2, 0) is 6.54 Å². The van der Waals surface area contributed by atoms with Crippen LogP contribution in [0.15, 0.2) is 0 Å². The third kappa shape index (κ3) is 3.01. The zero-order valence-corrected chi connectivity index (χ0v) is 19.1. The first-order valence-electron chi connectivity index (χ1n) is 12.8. The van der Waals surface area contributed by atoms with Crippen LogP contribution in [0.1, 0.15) is 83.9 Å². The Kier molecular flexibility index (Phi) is 4.44. The average molecular weight is 413 g/mol. The second-order valence-electron chi connectivity index (χ2n) is 12.5. The van der Waals surface area contributed by atoms with Gasteiger partial charge in [-0.25, -0.2) is 4.68 Å². The van der Waals surface area contributed by atoms with Gasteiger partial charge in [0.25, 0.3) is 0 Å². The lowest BCUT2D eigenvalue weighted by Gasteiger charge is -2.57. The number of tetrazole rings is 1. The molecule has 0 amide bonds. The van der Waals surface area contributed by atoms with Crippen molar-refractivity contribution < 1.29 is 5.11 Å². The van der Waals surface area contributed by atoms with Crippen LogP contribution in [-0.4, -0.2) is 30.9 Å². The maximum atomic E-state index is 10.6. The van der Waals surface area contributed by atoms with Crippen LogP contribution in [0.25, 0.3) is 0 Å². The summed E-state index contributed by atoms with van der Waals surface area (Å²) in [6.07, 6.45) is 13.4. The van der Waals surface area contributed by atoms with E-state index in [2.05, 4.69) is 29.4 Å². The summed E-state index contributed by atoms with van der Waals surface area (Å²) in [7, 11) is 0. The fraction of sp³-hybridized carbons (Fsp3) is 0.960. The van der Waals surface area contributed by atoms with Crippen molar-refractivity contribution >= 4 is 0 Å². The fourth-order valence-corrected chi connectivity index (χ4v) is 9.44. The minimum absolute atomic E-state index is 0.394. The Morgan fingerprint density at radius 1 is 0.933 bits per heavy atom. The van der Waals surface area contributed by atoms with Gasteiger partial charge >= 0.3 is 0 Å². The highest BCUT2D eigenvalue weighted by atomic mass is 16.3. The Balaban J connectivity index is 1.15. The van der Waals surface area contributed by atoms with Gasteiger partial charge in [0, 0.05) is 6.54 Å². The second kappa shape index (κ2) is 6.76. The molecule has 0 aromatic carbocycles. The minimum Gasteiger partial charge on any atom is -0.390 e. The number of hydrogen-bond donors (Lipinski definition) is 1. The molecule has 5 saturated carbocycles. The lowest BCUT2D eigenvalue weighted by atomic mass is 9.49. The molecule has 5 fully saturated rings. The summed E-state index contributed by atoms with van der Waals surface area (Å²) in [5.74, 6) is 8.17. The van der Waals surface area contributed by atoms with Crippen molar-refractivity contribution in [2.24, 2.45) is 52.8 Å². The third-order valence-electron chi connectivity index (χ3n) is 10.9. The highest BCUT2D eigenvalue weighted by Gasteiger charge is 2.61. The fourth-order valence-electron chi connectivity index (χ4n) is 9.44. The second-order valence-corrected chi connectivity index (χ2v) is 12.5. The first-order chi connectivity index (χ1) is 14.4. The summed E-state index contributed by atoms with van der Waals surface area (Å²) in [5.41, 5.74) is 0.178. The van der Waals surface area contributed by atoms with Crippen molar-refractivity contribution in [3.63, 3.8) is 0 Å². The van der Waals surface area contributed by atoms with Crippen molar-refractivity contribution in [1.29, 1.82) is 0 Å². The molecule has 0 aliphatic heterocycles. The molecule has 166 valence electrons. The van der Waals surface area contributed by atoms with E-state index in [0.717, 1.165) is 72.6 Å².